The number of aliphatic carboxylic acids is 1. The number of carboxylic acids is 1. The van der Waals surface area contributed by atoms with E-state index in [9.17, 15) is 38.4 Å². The van der Waals surface area contributed by atoms with Gasteiger partial charge in [-0.3, -0.25) is 41.9 Å². The van der Waals surface area contributed by atoms with Gasteiger partial charge >= 0.3 is 42.3 Å². The van der Waals surface area contributed by atoms with E-state index in [1.807, 2.05) is 85.6 Å². The Morgan fingerprint density at radius 1 is 0.492 bits per heavy atom. The van der Waals surface area contributed by atoms with Gasteiger partial charge in [0, 0.05) is 96.7 Å². The predicted molar refractivity (Wildman–Crippen MR) is 484 cm³/mol. The molecule has 0 bridgehead atoms. The van der Waals surface area contributed by atoms with Gasteiger partial charge in [-0.1, -0.05) is 70.7 Å². The second kappa shape index (κ2) is 41.2. The normalized spacial score (nSPS) is 16.8. The lowest BCUT2D eigenvalue weighted by molar-refractivity contribution is -0.131. The SMILES string of the molecule is CC(C)(C)OC(=O)N1CC[C@@H](N2C(=O)Cc3c(N)ncnc32)C1.CC(C)(C)OC(=O)N1CC[C@@H](n2c(=O)n(-c3ccc(Cl)cc3)c3c(N)ncnc32)C1.CN(C)C/C=C/C(=O)N1CC[C@@H](n2c(=O)n(-c3ccc(Cl)cc3)c3c(N)ncnc32)C1.CN(C)C/C=C/C(=O)O.Nc1ncnc2c1n(-c1ccc(Cl)cc1)c(=O)n2[C@@H]1CCNC1.OB(O)c1ccc(Cl)cc1. The number of imidazole rings is 3. The number of carbonyl (C=O) groups is 5. The van der Waals surface area contributed by atoms with E-state index in [0.717, 1.165) is 25.6 Å². The standard InChI is InChI=1S/C21H24ClN7O2.C20H23ClN6O3.C15H15ClN6O.C15H21N5O3.C6H6BClO2.C6H11NO2/c1-26(2)10-3-4-17(30)27-11-9-16(12-27)29-20-18(19(23)24-13-25-20)28(21(29)31)15-7-5-14(22)6-8-15;1-20(2,3)30-19(29)25-9-8-14(10-25)27-17-15(16(22)23-11-24-17)26(18(27)28)13-6-4-12(21)5-7-13;16-9-1-3-10(4-2-9)21-12-13(17)19-8-20-14(12)22(15(21)23)11-5-6-18-7-11;1-15(2,3)23-14(22)19-5-4-9(7-19)20-11(21)6-10-12(16)17-8-18-13(10)20;8-6-3-1-5(2-4-6)7(9)10;1-7(2)5-3-4-6(8)9/h3-8,13,16H,9-12H2,1-2H3,(H2,23,24,25);4-7,11,14H,8-10H2,1-3H3,(H2,22,23,24);1-4,8,11,18H,5-7H2,(H2,17,19,20);8-9H,4-7H2,1-3H3,(H2,16,17,18);1-4,9-10H;3-4H,5H2,1-2H3,(H,8,9)/b4-3+;;;;;4-3+/t16-;14-;11-;9-;;/m1111../s1. The third-order valence-electron chi connectivity index (χ3n) is 20.3. The molecule has 0 saturated carbocycles. The number of ether oxygens (including phenoxy) is 2. The highest BCUT2D eigenvalue weighted by atomic mass is 35.5. The first-order valence-electron chi connectivity index (χ1n) is 40.1. The molecule has 7 aromatic heterocycles. The van der Waals surface area contributed by atoms with Crippen LogP contribution in [0.5, 0.6) is 0 Å². The van der Waals surface area contributed by atoms with Crippen LogP contribution in [0.25, 0.3) is 50.6 Å². The number of anilines is 5. The van der Waals surface area contributed by atoms with E-state index in [0.29, 0.717) is 165 Å². The summed E-state index contributed by atoms with van der Waals surface area (Å²) in [7, 11) is 6.24. The fourth-order valence-electron chi connectivity index (χ4n) is 14.6. The molecule has 0 aliphatic carbocycles. The number of hydrogen-bond acceptors (Lipinski definition) is 27. The Morgan fingerprint density at radius 3 is 1.23 bits per heavy atom. The molecule has 11 aromatic rings. The average molecular weight is 1810 g/mol. The molecule has 666 valence electrons. The number of benzene rings is 4. The molecule has 0 radical (unpaired) electrons. The van der Waals surface area contributed by atoms with Crippen molar-refractivity contribution in [2.75, 3.05) is 121 Å². The van der Waals surface area contributed by atoms with Crippen LogP contribution in [-0.4, -0.2) is 255 Å². The fourth-order valence-corrected chi connectivity index (χ4v) is 15.1. The number of nitrogens with zero attached hydrogens (tertiary/aromatic N) is 20. The molecular formula is C83H100BCl4N25O13. The van der Waals surface area contributed by atoms with Crippen molar-refractivity contribution in [1.29, 1.82) is 0 Å². The van der Waals surface area contributed by atoms with E-state index in [1.165, 1.54) is 34.4 Å². The van der Waals surface area contributed by atoms with Crippen molar-refractivity contribution in [3.8, 4) is 17.1 Å². The molecule has 126 heavy (non-hydrogen) atoms. The number of likely N-dealkylation sites (tertiary alicyclic amines) is 3. The van der Waals surface area contributed by atoms with Crippen molar-refractivity contribution in [2.24, 2.45) is 0 Å². The van der Waals surface area contributed by atoms with Gasteiger partial charge in [-0.25, -0.2) is 68.6 Å². The average Bonchev–Trinajstić information content (AvgIpc) is 1.58. The number of likely N-dealkylation sites (N-methyl/N-ethyl adjacent to an activating group) is 2. The summed E-state index contributed by atoms with van der Waals surface area (Å²) in [6, 6.07) is 26.7. The monoisotopic (exact) mass is 1810 g/mol. The maximum absolute atomic E-state index is 13.5. The van der Waals surface area contributed by atoms with Crippen LogP contribution in [0, 0.1) is 0 Å². The summed E-state index contributed by atoms with van der Waals surface area (Å²) in [4.78, 5) is 143. The van der Waals surface area contributed by atoms with Gasteiger partial charge in [0.1, 0.15) is 64.7 Å². The summed E-state index contributed by atoms with van der Waals surface area (Å²) in [5, 5.41) is 31.0. The lowest BCUT2D eigenvalue weighted by Gasteiger charge is -2.26. The van der Waals surface area contributed by atoms with Crippen molar-refractivity contribution >= 4 is 152 Å². The number of carboxylic acid groups (broad SMARTS) is 1. The summed E-state index contributed by atoms with van der Waals surface area (Å²) in [5.41, 5.74) is 28.2. The third-order valence-corrected chi connectivity index (χ3v) is 21.3. The molecule has 5 aliphatic heterocycles. The van der Waals surface area contributed by atoms with Gasteiger partial charge in [0.2, 0.25) is 11.8 Å². The fraction of sp³-hybridized carbons (Fsp3) is 0.373. The molecular weight excluding hydrogens is 1710 g/mol. The van der Waals surface area contributed by atoms with Gasteiger partial charge < -0.3 is 77.4 Å². The second-order valence-electron chi connectivity index (χ2n) is 32.4. The number of amides is 4. The smallest absolute Gasteiger partial charge is 0.478 e. The van der Waals surface area contributed by atoms with Crippen LogP contribution in [0.4, 0.5) is 38.7 Å². The van der Waals surface area contributed by atoms with Crippen molar-refractivity contribution in [3.05, 3.63) is 204 Å². The first-order chi connectivity index (χ1) is 59.8. The van der Waals surface area contributed by atoms with Crippen LogP contribution in [0.15, 0.2) is 161 Å². The Hall–Kier alpha value is -12.3. The largest absolute Gasteiger partial charge is 0.488 e. The molecule has 4 atom stereocenters. The van der Waals surface area contributed by atoms with Gasteiger partial charge in [-0.15, -0.1) is 0 Å². The summed E-state index contributed by atoms with van der Waals surface area (Å²) < 4.78 is 20.3. The lowest BCUT2D eigenvalue weighted by atomic mass is 9.81. The van der Waals surface area contributed by atoms with Crippen LogP contribution in [0.1, 0.15) is 90.9 Å². The number of rotatable bonds is 14. The quantitative estimate of drug-likeness (QED) is 0.0393. The van der Waals surface area contributed by atoms with Crippen LogP contribution >= 0.6 is 46.4 Å². The number of nitrogens with two attached hydrogens (primary N) is 4. The zero-order chi connectivity index (χ0) is 91.3. The first kappa shape index (κ1) is 94.3. The first-order valence-corrected chi connectivity index (χ1v) is 41.6. The molecule has 0 unspecified atom stereocenters. The maximum atomic E-state index is 13.5. The van der Waals surface area contributed by atoms with E-state index in [1.54, 1.807) is 147 Å². The van der Waals surface area contributed by atoms with E-state index < -0.39 is 30.4 Å². The predicted octanol–water partition coefficient (Wildman–Crippen LogP) is 7.23. The number of hydrogen-bond donors (Lipinski definition) is 8. The number of nitrogen functional groups attached to an aromatic ring is 4. The number of carbonyl (C=O) groups excluding carboxylic acids is 4. The van der Waals surface area contributed by atoms with Crippen molar-refractivity contribution in [3.63, 3.8) is 0 Å². The Balaban J connectivity index is 0.000000153. The molecule has 12 N–H and O–H groups in total. The molecule has 5 aliphatic rings. The lowest BCUT2D eigenvalue weighted by Crippen LogP contribution is -2.42. The molecule has 38 nitrogen and oxygen atoms in total. The summed E-state index contributed by atoms with van der Waals surface area (Å²) in [6.07, 6.45) is 13.9. The number of nitrogens with one attached hydrogen (secondary N) is 1. The summed E-state index contributed by atoms with van der Waals surface area (Å²) in [6.45, 7) is 16.8. The minimum atomic E-state index is -1.41. The van der Waals surface area contributed by atoms with Crippen molar-refractivity contribution in [1.82, 2.24) is 97.1 Å². The second-order valence-corrected chi connectivity index (χ2v) is 34.1. The molecule has 0 spiro atoms. The molecule has 4 aromatic carbocycles. The zero-order valence-corrected chi connectivity index (χ0v) is 74.1. The Labute approximate surface area is 744 Å². The highest BCUT2D eigenvalue weighted by Gasteiger charge is 2.42. The van der Waals surface area contributed by atoms with E-state index in [2.05, 4.69) is 45.2 Å². The van der Waals surface area contributed by atoms with Gasteiger partial charge in [0.25, 0.3) is 0 Å². The minimum absolute atomic E-state index is 0.0526. The van der Waals surface area contributed by atoms with Crippen LogP contribution in [0.2, 0.25) is 20.1 Å². The summed E-state index contributed by atoms with van der Waals surface area (Å²) in [5.74, 6) is 0.604. The third kappa shape index (κ3) is 23.0. The molecule has 4 fully saturated rings. The molecule has 12 heterocycles. The minimum Gasteiger partial charge on any atom is -0.478 e. The van der Waals surface area contributed by atoms with Crippen LogP contribution in [-0.2, 0) is 30.3 Å². The highest BCUT2D eigenvalue weighted by molar-refractivity contribution is 6.58. The maximum Gasteiger partial charge on any atom is 0.488 e. The molecule has 16 rings (SSSR count). The van der Waals surface area contributed by atoms with Gasteiger partial charge in [-0.05, 0) is 192 Å². The molecule has 4 saturated heterocycles. The van der Waals surface area contributed by atoms with Gasteiger partial charge in [-0.2, -0.15) is 0 Å². The Kier molecular flexibility index (Phi) is 30.8. The van der Waals surface area contributed by atoms with Crippen molar-refractivity contribution in [2.45, 2.75) is 109 Å². The van der Waals surface area contributed by atoms with Crippen LogP contribution in [0.3, 0.4) is 0 Å². The Bertz CT molecular complexity index is 5990. The number of halogens is 4. The molecule has 4 amide bonds. The van der Waals surface area contributed by atoms with Crippen molar-refractivity contribution < 1.29 is 48.6 Å². The molecule has 43 heteroatoms. The highest BCUT2D eigenvalue weighted by Crippen LogP contribution is 2.36. The zero-order valence-electron chi connectivity index (χ0n) is 71.0. The topological polar surface area (TPSA) is 484 Å². The summed E-state index contributed by atoms with van der Waals surface area (Å²) >= 11 is 23.5. The van der Waals surface area contributed by atoms with Crippen LogP contribution < -0.4 is 55.7 Å². The van der Waals surface area contributed by atoms with E-state index >= 15 is 0 Å². The van der Waals surface area contributed by atoms with Gasteiger partial charge in [0.15, 0.2) is 34.4 Å². The van der Waals surface area contributed by atoms with E-state index in [4.69, 9.17) is 94.0 Å². The van der Waals surface area contributed by atoms with E-state index in [-0.39, 0.29) is 83.0 Å². The number of fused-ring (bicyclic) bond motifs is 4. The van der Waals surface area contributed by atoms with Gasteiger partial charge in [0.05, 0.1) is 47.7 Å². The number of aromatic nitrogens is 14. The Morgan fingerprint density at radius 2 is 0.849 bits per heavy atom.